The van der Waals surface area contributed by atoms with Gasteiger partial charge in [0.2, 0.25) is 6.71 Å². The topological polar surface area (TPSA) is 0 Å². The molecule has 7 rings (SSSR count). The molecule has 0 nitrogen and oxygen atoms in total. The van der Waals surface area contributed by atoms with Gasteiger partial charge < -0.3 is 0 Å². The fourth-order valence-corrected chi connectivity index (χ4v) is 5.86. The van der Waals surface area contributed by atoms with Crippen molar-refractivity contribution in [2.75, 3.05) is 0 Å². The molecular formula is C32H23B. The van der Waals surface area contributed by atoms with Crippen LogP contribution < -0.4 is 10.9 Å². The summed E-state index contributed by atoms with van der Waals surface area (Å²) in [5.41, 5.74) is 4.22. The summed E-state index contributed by atoms with van der Waals surface area (Å²) in [6.07, 6.45) is 1.10. The maximum absolute atomic E-state index is 4.40. The molecule has 0 radical (unpaired) electrons. The Morgan fingerprint density at radius 2 is 0.879 bits per heavy atom. The van der Waals surface area contributed by atoms with Crippen LogP contribution >= 0.6 is 0 Å². The molecule has 1 aliphatic rings. The molecule has 154 valence electrons. The van der Waals surface area contributed by atoms with Crippen molar-refractivity contribution in [2.45, 2.75) is 12.2 Å². The summed E-state index contributed by atoms with van der Waals surface area (Å²) in [6, 6.07) is 40.3. The first-order chi connectivity index (χ1) is 16.3. The van der Waals surface area contributed by atoms with Gasteiger partial charge in [0.05, 0.1) is 0 Å². The van der Waals surface area contributed by atoms with E-state index in [0.29, 0.717) is 12.5 Å². The van der Waals surface area contributed by atoms with Crippen LogP contribution in [-0.2, 0) is 0 Å². The second-order valence-electron chi connectivity index (χ2n) is 9.41. The Morgan fingerprint density at radius 1 is 0.515 bits per heavy atom. The normalized spacial score (nSPS) is 15.5. The zero-order valence-electron chi connectivity index (χ0n) is 18.5. The van der Waals surface area contributed by atoms with E-state index in [1.54, 1.807) is 0 Å². The number of rotatable bonds is 3. The van der Waals surface area contributed by atoms with Crippen molar-refractivity contribution in [3.8, 4) is 0 Å². The van der Waals surface area contributed by atoms with Crippen LogP contribution in [0.5, 0.6) is 0 Å². The molecule has 6 aromatic rings. The van der Waals surface area contributed by atoms with Gasteiger partial charge in [-0.25, -0.2) is 0 Å². The Bertz CT molecular complexity index is 1610. The van der Waals surface area contributed by atoms with Gasteiger partial charge in [-0.3, -0.25) is 0 Å². The van der Waals surface area contributed by atoms with E-state index in [1.807, 2.05) is 0 Å². The number of allylic oxidation sites excluding steroid dienone is 1. The molecule has 0 N–H and O–H groups in total. The maximum Gasteiger partial charge on any atom is 0.218 e. The third-order valence-corrected chi connectivity index (χ3v) is 7.52. The molecule has 1 fully saturated rings. The summed E-state index contributed by atoms with van der Waals surface area (Å²) in [4.78, 5) is 0. The minimum atomic E-state index is 0.293. The highest BCUT2D eigenvalue weighted by atomic mass is 14.3. The zero-order chi connectivity index (χ0) is 21.9. The van der Waals surface area contributed by atoms with Crippen LogP contribution in [0.2, 0.25) is 5.82 Å². The van der Waals surface area contributed by atoms with Gasteiger partial charge in [-0.15, -0.1) is 6.58 Å². The Balaban J connectivity index is 1.61. The fourth-order valence-electron chi connectivity index (χ4n) is 5.86. The molecule has 0 bridgehead atoms. The van der Waals surface area contributed by atoms with Gasteiger partial charge in [-0.1, -0.05) is 126 Å². The van der Waals surface area contributed by atoms with Crippen molar-refractivity contribution in [1.29, 1.82) is 0 Å². The first-order valence-electron chi connectivity index (χ1n) is 11.8. The number of benzene rings is 6. The molecule has 6 aromatic carbocycles. The fraction of sp³-hybridized carbons (Fsp3) is 0.0625. The van der Waals surface area contributed by atoms with Gasteiger partial charge in [0.15, 0.2) is 0 Å². The highest BCUT2D eigenvalue weighted by Crippen LogP contribution is 2.46. The Labute approximate surface area is 194 Å². The monoisotopic (exact) mass is 418 g/mol. The van der Waals surface area contributed by atoms with E-state index in [4.69, 9.17) is 0 Å². The smallest absolute Gasteiger partial charge is 0.100 e. The van der Waals surface area contributed by atoms with Crippen molar-refractivity contribution in [2.24, 2.45) is 0 Å². The van der Waals surface area contributed by atoms with Crippen molar-refractivity contribution < 1.29 is 0 Å². The number of fused-ring (bicyclic) bond motifs is 6. The SMILES string of the molecule is C=C1CC1B(c1cc2ccccc2c2ccccc12)c1cc2ccccc2c2ccccc12. The Hall–Kier alpha value is -3.84. The summed E-state index contributed by atoms with van der Waals surface area (Å²) in [7, 11) is 0. The molecule has 0 amide bonds. The molecule has 33 heavy (non-hydrogen) atoms. The first-order valence-corrected chi connectivity index (χ1v) is 11.8. The molecule has 0 aliphatic heterocycles. The molecular weight excluding hydrogens is 395 g/mol. The van der Waals surface area contributed by atoms with Gasteiger partial charge in [0.25, 0.3) is 0 Å². The average Bonchev–Trinajstić information content (AvgIpc) is 3.60. The van der Waals surface area contributed by atoms with Crippen LogP contribution in [0, 0.1) is 0 Å². The van der Waals surface area contributed by atoms with E-state index in [1.165, 1.54) is 59.6 Å². The second-order valence-corrected chi connectivity index (χ2v) is 9.41. The highest BCUT2D eigenvalue weighted by Gasteiger charge is 2.42. The molecule has 0 aromatic heterocycles. The predicted octanol–water partition coefficient (Wildman–Crippen LogP) is 7.24. The van der Waals surface area contributed by atoms with Gasteiger partial charge in [0.1, 0.15) is 0 Å². The predicted molar refractivity (Wildman–Crippen MR) is 145 cm³/mol. The minimum absolute atomic E-state index is 0.293. The van der Waals surface area contributed by atoms with Gasteiger partial charge in [-0.05, 0) is 55.3 Å². The summed E-state index contributed by atoms with van der Waals surface area (Å²) >= 11 is 0. The maximum atomic E-state index is 4.40. The van der Waals surface area contributed by atoms with E-state index in [-0.39, 0.29) is 0 Å². The van der Waals surface area contributed by atoms with Crippen molar-refractivity contribution in [3.63, 3.8) is 0 Å². The number of hydrogen-bond donors (Lipinski definition) is 0. The van der Waals surface area contributed by atoms with Gasteiger partial charge in [-0.2, -0.15) is 0 Å². The van der Waals surface area contributed by atoms with Crippen molar-refractivity contribution >= 4 is 60.7 Å². The van der Waals surface area contributed by atoms with E-state index < -0.39 is 0 Å². The van der Waals surface area contributed by atoms with E-state index >= 15 is 0 Å². The van der Waals surface area contributed by atoms with Crippen molar-refractivity contribution in [3.05, 3.63) is 121 Å². The highest BCUT2D eigenvalue weighted by molar-refractivity contribution is 6.91. The van der Waals surface area contributed by atoms with Crippen LogP contribution in [0.4, 0.5) is 0 Å². The molecule has 0 spiro atoms. The van der Waals surface area contributed by atoms with E-state index in [0.717, 1.165) is 6.42 Å². The second kappa shape index (κ2) is 7.08. The molecule has 1 saturated carbocycles. The third-order valence-electron chi connectivity index (χ3n) is 7.52. The average molecular weight is 418 g/mol. The third kappa shape index (κ3) is 2.86. The summed E-state index contributed by atoms with van der Waals surface area (Å²) < 4.78 is 0. The first kappa shape index (κ1) is 18.7. The van der Waals surface area contributed by atoms with Crippen LogP contribution in [0.3, 0.4) is 0 Å². The molecule has 0 heterocycles. The lowest BCUT2D eigenvalue weighted by molar-refractivity contribution is 1.44. The molecule has 1 unspecified atom stereocenters. The molecule has 1 heteroatoms. The summed E-state index contributed by atoms with van der Waals surface area (Å²) in [5.74, 6) is 0.485. The lowest BCUT2D eigenvalue weighted by atomic mass is 9.35. The summed E-state index contributed by atoms with van der Waals surface area (Å²) in [5, 5.41) is 10.7. The van der Waals surface area contributed by atoms with E-state index in [2.05, 4.69) is 116 Å². The lowest BCUT2D eigenvalue weighted by Crippen LogP contribution is -2.43. The Morgan fingerprint density at radius 3 is 1.30 bits per heavy atom. The van der Waals surface area contributed by atoms with Crippen LogP contribution in [-0.4, -0.2) is 6.71 Å². The van der Waals surface area contributed by atoms with Crippen LogP contribution in [0.1, 0.15) is 6.42 Å². The molecule has 1 atom stereocenters. The molecule has 1 aliphatic carbocycles. The molecule has 0 saturated heterocycles. The van der Waals surface area contributed by atoms with Crippen LogP contribution in [0.15, 0.2) is 121 Å². The lowest BCUT2D eigenvalue weighted by Gasteiger charge is -2.21. The summed E-state index contributed by atoms with van der Waals surface area (Å²) in [6.45, 7) is 4.70. The Kier molecular flexibility index (Phi) is 4.02. The van der Waals surface area contributed by atoms with Gasteiger partial charge in [0, 0.05) is 0 Å². The number of hydrogen-bond acceptors (Lipinski definition) is 0. The van der Waals surface area contributed by atoms with Crippen molar-refractivity contribution in [1.82, 2.24) is 0 Å². The minimum Gasteiger partial charge on any atom is -0.100 e. The van der Waals surface area contributed by atoms with E-state index in [9.17, 15) is 0 Å². The van der Waals surface area contributed by atoms with Crippen LogP contribution in [0.25, 0.3) is 43.1 Å². The van der Waals surface area contributed by atoms with Gasteiger partial charge >= 0.3 is 0 Å². The zero-order valence-corrected chi connectivity index (χ0v) is 18.5. The quantitative estimate of drug-likeness (QED) is 0.161. The largest absolute Gasteiger partial charge is 0.218 e. The standard InChI is InChI=1S/C32H23B/c1-21-18-30(21)33(31-19-22-10-2-4-12-24(22)26-14-6-8-16-28(26)31)32-20-23-11-3-5-13-25(23)27-15-7-9-17-29(27)32/h2-17,19-20,30H,1,18H2.